The summed E-state index contributed by atoms with van der Waals surface area (Å²) in [6.07, 6.45) is 4.08. The summed E-state index contributed by atoms with van der Waals surface area (Å²) in [6, 6.07) is 10.2. The van der Waals surface area contributed by atoms with E-state index in [9.17, 15) is 4.79 Å². The number of anilines is 1. The van der Waals surface area contributed by atoms with E-state index in [1.807, 2.05) is 47.4 Å². The molecule has 122 valence electrons. The molecule has 0 radical (unpaired) electrons. The molecule has 1 aliphatic heterocycles. The minimum Gasteiger partial charge on any atom is -0.311 e. The molecule has 4 rings (SSSR count). The minimum atomic E-state index is -0.0461. The first-order valence-corrected chi connectivity index (χ1v) is 8.11. The van der Waals surface area contributed by atoms with E-state index in [-0.39, 0.29) is 17.9 Å². The van der Waals surface area contributed by atoms with Gasteiger partial charge in [0.2, 0.25) is 5.91 Å². The molecule has 0 spiro atoms. The molecule has 1 amide bonds. The lowest BCUT2D eigenvalue weighted by Gasteiger charge is -2.24. The minimum absolute atomic E-state index is 0.00936. The van der Waals surface area contributed by atoms with Crippen molar-refractivity contribution in [2.45, 2.75) is 32.2 Å². The van der Waals surface area contributed by atoms with Gasteiger partial charge in [-0.25, -0.2) is 4.68 Å². The Bertz CT molecular complexity index is 878. The van der Waals surface area contributed by atoms with E-state index < -0.39 is 0 Å². The molecule has 0 saturated carbocycles. The second-order valence-electron chi connectivity index (χ2n) is 6.36. The first-order chi connectivity index (χ1) is 11.6. The summed E-state index contributed by atoms with van der Waals surface area (Å²) in [4.78, 5) is 12.3. The smallest absolute Gasteiger partial charge is 0.226 e. The number of nitrogens with one attached hydrogen (secondary N) is 2. The number of fused-ring (bicyclic) bond motifs is 1. The maximum atomic E-state index is 12.3. The van der Waals surface area contributed by atoms with Crippen LogP contribution in [-0.2, 0) is 4.79 Å². The normalized spacial score (nSPS) is 17.0. The van der Waals surface area contributed by atoms with E-state index in [4.69, 9.17) is 0 Å². The Balaban J connectivity index is 1.82. The Kier molecular flexibility index (Phi) is 3.45. The molecule has 2 aromatic heterocycles. The third kappa shape index (κ3) is 2.31. The Labute approximate surface area is 139 Å². The lowest BCUT2D eigenvalue weighted by atomic mass is 9.86. The van der Waals surface area contributed by atoms with Gasteiger partial charge in [-0.1, -0.05) is 30.3 Å². The zero-order valence-electron chi connectivity index (χ0n) is 13.7. The number of hydrogen-bond donors (Lipinski definition) is 2. The highest BCUT2D eigenvalue weighted by Crippen LogP contribution is 2.40. The van der Waals surface area contributed by atoms with Gasteiger partial charge in [-0.3, -0.25) is 9.89 Å². The van der Waals surface area contributed by atoms with Gasteiger partial charge in [-0.2, -0.15) is 10.2 Å². The van der Waals surface area contributed by atoms with E-state index in [0.29, 0.717) is 6.42 Å². The quantitative estimate of drug-likeness (QED) is 0.777. The SMILES string of the molecule is CC(C)n1ncc2c1NC(=O)CC2c1cn[nH]c1-c1ccccc1. The van der Waals surface area contributed by atoms with Crippen LogP contribution in [0.5, 0.6) is 0 Å². The number of benzene rings is 1. The molecule has 0 aliphatic carbocycles. The predicted molar refractivity (Wildman–Crippen MR) is 91.7 cm³/mol. The Morgan fingerprint density at radius 2 is 1.96 bits per heavy atom. The molecule has 1 aromatic carbocycles. The van der Waals surface area contributed by atoms with Gasteiger partial charge in [0.1, 0.15) is 5.82 Å². The van der Waals surface area contributed by atoms with E-state index >= 15 is 0 Å². The Hall–Kier alpha value is -2.89. The molecular weight excluding hydrogens is 302 g/mol. The molecular formula is C18H19N5O. The fraction of sp³-hybridized carbons (Fsp3) is 0.278. The highest BCUT2D eigenvalue weighted by molar-refractivity contribution is 5.94. The van der Waals surface area contributed by atoms with Crippen molar-refractivity contribution in [1.82, 2.24) is 20.0 Å². The Morgan fingerprint density at radius 3 is 2.71 bits per heavy atom. The summed E-state index contributed by atoms with van der Waals surface area (Å²) in [5.74, 6) is 0.761. The van der Waals surface area contributed by atoms with E-state index in [1.165, 1.54) is 0 Å². The van der Waals surface area contributed by atoms with Gasteiger partial charge >= 0.3 is 0 Å². The number of H-pyrrole nitrogens is 1. The zero-order valence-corrected chi connectivity index (χ0v) is 13.7. The van der Waals surface area contributed by atoms with Crippen LogP contribution in [0.3, 0.4) is 0 Å². The van der Waals surface area contributed by atoms with Crippen molar-refractivity contribution in [3.63, 3.8) is 0 Å². The predicted octanol–water partition coefficient (Wildman–Crippen LogP) is 3.33. The van der Waals surface area contributed by atoms with Gasteiger partial charge in [0, 0.05) is 29.5 Å². The van der Waals surface area contributed by atoms with Gasteiger partial charge in [0.15, 0.2) is 0 Å². The van der Waals surface area contributed by atoms with E-state index in [1.54, 1.807) is 0 Å². The number of hydrogen-bond acceptors (Lipinski definition) is 3. The highest BCUT2D eigenvalue weighted by atomic mass is 16.1. The molecule has 24 heavy (non-hydrogen) atoms. The Morgan fingerprint density at radius 1 is 1.17 bits per heavy atom. The van der Waals surface area contributed by atoms with Crippen molar-refractivity contribution < 1.29 is 4.79 Å². The van der Waals surface area contributed by atoms with Crippen molar-refractivity contribution in [1.29, 1.82) is 0 Å². The van der Waals surface area contributed by atoms with Crippen LogP contribution >= 0.6 is 0 Å². The fourth-order valence-electron chi connectivity index (χ4n) is 3.30. The standard InChI is InChI=1S/C18H19N5O/c1-11(2)23-18-15(10-20-23)13(8-16(24)21-18)14-9-19-22-17(14)12-6-4-3-5-7-12/h3-7,9-11,13H,8H2,1-2H3,(H,19,22)(H,21,24). The average Bonchev–Trinajstić information content (AvgIpc) is 3.21. The number of amides is 1. The van der Waals surface area contributed by atoms with E-state index in [2.05, 4.69) is 34.5 Å². The number of nitrogens with zero attached hydrogens (tertiary/aromatic N) is 3. The molecule has 2 N–H and O–H groups in total. The van der Waals surface area contributed by atoms with Gasteiger partial charge in [-0.05, 0) is 19.4 Å². The second-order valence-corrected chi connectivity index (χ2v) is 6.36. The number of carbonyl (C=O) groups excluding carboxylic acids is 1. The third-order valence-electron chi connectivity index (χ3n) is 4.44. The zero-order chi connectivity index (χ0) is 16.7. The first-order valence-electron chi connectivity index (χ1n) is 8.11. The summed E-state index contributed by atoms with van der Waals surface area (Å²) in [7, 11) is 0. The maximum Gasteiger partial charge on any atom is 0.226 e. The van der Waals surface area contributed by atoms with Gasteiger partial charge in [0.05, 0.1) is 18.1 Å². The average molecular weight is 321 g/mol. The lowest BCUT2D eigenvalue weighted by molar-refractivity contribution is -0.116. The topological polar surface area (TPSA) is 75.6 Å². The molecule has 0 fully saturated rings. The number of aromatic nitrogens is 4. The van der Waals surface area contributed by atoms with Crippen molar-refractivity contribution in [2.75, 3.05) is 5.32 Å². The van der Waals surface area contributed by atoms with Crippen LogP contribution in [0.15, 0.2) is 42.7 Å². The molecule has 0 bridgehead atoms. The molecule has 6 nitrogen and oxygen atoms in total. The largest absolute Gasteiger partial charge is 0.311 e. The maximum absolute atomic E-state index is 12.3. The third-order valence-corrected chi connectivity index (χ3v) is 4.44. The fourth-order valence-corrected chi connectivity index (χ4v) is 3.30. The van der Waals surface area contributed by atoms with Crippen LogP contribution in [0.25, 0.3) is 11.3 Å². The van der Waals surface area contributed by atoms with Crippen LogP contribution in [0.2, 0.25) is 0 Å². The van der Waals surface area contributed by atoms with Crippen LogP contribution in [0, 0.1) is 0 Å². The van der Waals surface area contributed by atoms with Gasteiger partial charge < -0.3 is 5.32 Å². The molecule has 3 heterocycles. The second kappa shape index (κ2) is 5.63. The van der Waals surface area contributed by atoms with Crippen molar-refractivity contribution >= 4 is 11.7 Å². The highest BCUT2D eigenvalue weighted by Gasteiger charge is 2.32. The van der Waals surface area contributed by atoms with Crippen LogP contribution in [0.1, 0.15) is 43.4 Å². The van der Waals surface area contributed by atoms with E-state index in [0.717, 1.165) is 28.2 Å². The molecule has 1 unspecified atom stereocenters. The van der Waals surface area contributed by atoms with Crippen molar-refractivity contribution in [3.8, 4) is 11.3 Å². The molecule has 6 heteroatoms. The summed E-state index contributed by atoms with van der Waals surface area (Å²) in [5.41, 5.74) is 4.09. The van der Waals surface area contributed by atoms with Crippen LogP contribution in [-0.4, -0.2) is 25.9 Å². The van der Waals surface area contributed by atoms with Crippen LogP contribution in [0.4, 0.5) is 5.82 Å². The molecule has 0 saturated heterocycles. The molecule has 3 aromatic rings. The lowest BCUT2D eigenvalue weighted by Crippen LogP contribution is -2.25. The van der Waals surface area contributed by atoms with Crippen molar-refractivity contribution in [3.05, 3.63) is 53.9 Å². The summed E-state index contributed by atoms with van der Waals surface area (Å²) < 4.78 is 1.86. The molecule has 1 atom stereocenters. The molecule has 1 aliphatic rings. The number of carbonyl (C=O) groups is 1. The summed E-state index contributed by atoms with van der Waals surface area (Å²) in [5, 5.41) is 14.8. The van der Waals surface area contributed by atoms with Crippen LogP contribution < -0.4 is 5.32 Å². The first kappa shape index (κ1) is 14.7. The number of aromatic amines is 1. The monoisotopic (exact) mass is 321 g/mol. The van der Waals surface area contributed by atoms with Gasteiger partial charge in [0.25, 0.3) is 0 Å². The van der Waals surface area contributed by atoms with Crippen molar-refractivity contribution in [2.24, 2.45) is 0 Å². The summed E-state index contributed by atoms with van der Waals surface area (Å²) in [6.45, 7) is 4.10. The van der Waals surface area contributed by atoms with Gasteiger partial charge in [-0.15, -0.1) is 0 Å². The summed E-state index contributed by atoms with van der Waals surface area (Å²) >= 11 is 0. The number of rotatable bonds is 3.